The molecule has 0 spiro atoms. The molecule has 0 radical (unpaired) electrons. The van der Waals surface area contributed by atoms with Gasteiger partial charge in [0.15, 0.2) is 0 Å². The van der Waals surface area contributed by atoms with Gasteiger partial charge in [-0.2, -0.15) is 21.0 Å². The van der Waals surface area contributed by atoms with Gasteiger partial charge in [-0.1, -0.05) is 0 Å². The van der Waals surface area contributed by atoms with Crippen molar-refractivity contribution in [3.63, 3.8) is 0 Å². The average molecular weight is 749 g/mol. The van der Waals surface area contributed by atoms with Crippen LogP contribution in [0.2, 0.25) is 0 Å². The monoisotopic (exact) mass is 748 g/mol. The molecule has 6 heterocycles. The molecule has 6 nitrogen and oxygen atoms in total. The summed E-state index contributed by atoms with van der Waals surface area (Å²) in [6.07, 6.45) is 7.78. The number of benzene rings is 1. The van der Waals surface area contributed by atoms with Crippen molar-refractivity contribution >= 4 is 135 Å². The van der Waals surface area contributed by atoms with E-state index in [4.69, 9.17) is 10.8 Å². The molecule has 12 heteroatoms. The molecule has 0 fully saturated rings. The second-order valence-electron chi connectivity index (χ2n) is 10.9. The Bertz CT molecular complexity index is 2950. The molecule has 0 unspecified atom stereocenters. The first-order chi connectivity index (χ1) is 24.3. The second-order valence-corrected chi connectivity index (χ2v) is 17.5. The van der Waals surface area contributed by atoms with Crippen LogP contribution in [-0.2, 0) is 0 Å². The number of hydrogen-bond donors (Lipinski definition) is 2. The van der Waals surface area contributed by atoms with E-state index in [0.29, 0.717) is 9.06 Å². The van der Waals surface area contributed by atoms with E-state index in [1.54, 1.807) is 45.3 Å². The molecule has 1 aromatic carbocycles. The highest BCUT2D eigenvalue weighted by Gasteiger charge is 2.19. The molecule has 0 aliphatic heterocycles. The highest BCUT2D eigenvalue weighted by Crippen LogP contribution is 2.43. The van der Waals surface area contributed by atoms with Crippen molar-refractivity contribution in [3.8, 4) is 43.8 Å². The molecule has 7 aromatic rings. The van der Waals surface area contributed by atoms with Gasteiger partial charge in [0.25, 0.3) is 0 Å². The lowest BCUT2D eigenvalue weighted by molar-refractivity contribution is 1.50. The Hall–Kier alpha value is -5.54. The second kappa shape index (κ2) is 12.7. The largest absolute Gasteiger partial charge is 0.299 e. The Balaban J connectivity index is 1.23. The number of nitriles is 4. The molecule has 1 aliphatic rings. The Morgan fingerprint density at radius 2 is 0.920 bits per heavy atom. The Kier molecular flexibility index (Phi) is 8.07. The number of nitrogens with one attached hydrogen (secondary N) is 2. The number of thiophene rings is 6. The maximum atomic E-state index is 9.22. The quantitative estimate of drug-likeness (QED) is 0.216. The van der Waals surface area contributed by atoms with Gasteiger partial charge in [-0.25, -0.2) is 0 Å². The minimum absolute atomic E-state index is 0.118. The molecular formula is C38H16N6S6. The summed E-state index contributed by atoms with van der Waals surface area (Å²) in [6, 6.07) is 28.1. The van der Waals surface area contributed by atoms with Crippen LogP contribution in [0.4, 0.5) is 0 Å². The lowest BCUT2D eigenvalue weighted by Crippen LogP contribution is -2.33. The van der Waals surface area contributed by atoms with E-state index in [2.05, 4.69) is 48.6 Å². The number of fused-ring (bicyclic) bond motifs is 6. The zero-order valence-electron chi connectivity index (χ0n) is 25.3. The maximum Gasteiger partial charge on any atom is 0.146 e. The van der Waals surface area contributed by atoms with Crippen LogP contribution < -0.4 is 28.6 Å². The highest BCUT2D eigenvalue weighted by molar-refractivity contribution is 7.32. The molecule has 1 aliphatic carbocycles. The fraction of sp³-hybridized carbons (Fsp3) is 0. The first-order valence-electron chi connectivity index (χ1n) is 14.7. The van der Waals surface area contributed by atoms with Crippen LogP contribution in [0.25, 0.3) is 75.1 Å². The smallest absolute Gasteiger partial charge is 0.146 e. The molecule has 2 N–H and O–H groups in total. The molecule has 50 heavy (non-hydrogen) atoms. The summed E-state index contributed by atoms with van der Waals surface area (Å²) in [7, 11) is 0. The predicted molar refractivity (Wildman–Crippen MR) is 211 cm³/mol. The van der Waals surface area contributed by atoms with Crippen molar-refractivity contribution in [2.24, 2.45) is 0 Å². The lowest BCUT2D eigenvalue weighted by atomic mass is 9.99. The Morgan fingerprint density at radius 1 is 0.500 bits per heavy atom. The van der Waals surface area contributed by atoms with E-state index >= 15 is 0 Å². The third kappa shape index (κ3) is 5.57. The number of nitrogens with zero attached hydrogens (tertiary/aromatic N) is 4. The van der Waals surface area contributed by atoms with Gasteiger partial charge < -0.3 is 0 Å². The first-order valence-corrected chi connectivity index (χ1v) is 19.6. The number of hydrogen-bond acceptors (Lipinski definition) is 12. The summed E-state index contributed by atoms with van der Waals surface area (Å²) in [4.78, 5) is 6.65. The number of rotatable bonds is 4. The zero-order chi connectivity index (χ0) is 34.5. The normalized spacial score (nSPS) is 13.0. The standard InChI is InChI=1S/C38H16N6S6/c39-15-19(16-40)31-5-1-21(45-31)9-23-3-7-33(47-23)35-13-27-25-11-29(43)30(44)12-26(25)28-14-36(50-38(28)37(27)49-35)34-8-4-24(48-34)10-22-2-6-32(46-22)20(17-41)18-42/h1-14,43-44H/b21-9+,22-10+,43-29?,44-30?. The lowest BCUT2D eigenvalue weighted by Gasteiger charge is -2.06. The molecule has 0 saturated heterocycles. The van der Waals surface area contributed by atoms with Gasteiger partial charge >= 0.3 is 0 Å². The van der Waals surface area contributed by atoms with Crippen LogP contribution in [0.5, 0.6) is 0 Å². The van der Waals surface area contributed by atoms with Gasteiger partial charge in [-0.3, -0.25) is 10.8 Å². The van der Waals surface area contributed by atoms with Crippen LogP contribution in [0.3, 0.4) is 0 Å². The van der Waals surface area contributed by atoms with Crippen LogP contribution in [-0.4, -0.2) is 11.4 Å². The minimum atomic E-state index is 0.118. The van der Waals surface area contributed by atoms with Gasteiger partial charge in [-0.15, -0.1) is 68.0 Å². The van der Waals surface area contributed by atoms with E-state index < -0.39 is 0 Å². The maximum absolute atomic E-state index is 9.22. The predicted octanol–water partition coefficient (Wildman–Crippen LogP) is 6.36. The minimum Gasteiger partial charge on any atom is -0.299 e. The molecule has 0 bridgehead atoms. The summed E-state index contributed by atoms with van der Waals surface area (Å²) in [6.45, 7) is 0. The third-order valence-electron chi connectivity index (χ3n) is 7.91. The van der Waals surface area contributed by atoms with Crippen molar-refractivity contribution in [2.75, 3.05) is 0 Å². The van der Waals surface area contributed by atoms with E-state index in [9.17, 15) is 21.0 Å². The van der Waals surface area contributed by atoms with Gasteiger partial charge in [0.2, 0.25) is 0 Å². The molecule has 234 valence electrons. The van der Waals surface area contributed by atoms with Crippen LogP contribution >= 0.6 is 68.0 Å². The van der Waals surface area contributed by atoms with Crippen molar-refractivity contribution in [1.29, 1.82) is 31.9 Å². The fourth-order valence-corrected chi connectivity index (χ4v) is 12.2. The Morgan fingerprint density at radius 3 is 1.32 bits per heavy atom. The topological polar surface area (TPSA) is 143 Å². The van der Waals surface area contributed by atoms with Gasteiger partial charge in [0.05, 0.1) is 29.9 Å². The SMILES string of the molecule is N#CC(C#N)=c1cc/c(=C\c2ccc(-c3cc4c5c(c6cc(-c7ccc(/C=c8\ccc(=C(C#N)C#N)s8)s7)sc6c4s3)=CC(=N)C(=N)C=5)s2)s1. The summed E-state index contributed by atoms with van der Waals surface area (Å²) < 4.78 is 5.59. The summed E-state index contributed by atoms with van der Waals surface area (Å²) >= 11 is 9.68. The zero-order valence-corrected chi connectivity index (χ0v) is 30.2. The first kappa shape index (κ1) is 31.7. The van der Waals surface area contributed by atoms with Crippen molar-refractivity contribution < 1.29 is 0 Å². The summed E-state index contributed by atoms with van der Waals surface area (Å²) in [5.74, 6) is 0. The van der Waals surface area contributed by atoms with E-state index in [1.165, 1.54) is 22.7 Å². The van der Waals surface area contributed by atoms with E-state index in [-0.39, 0.29) is 22.6 Å². The molecule has 8 rings (SSSR count). The van der Waals surface area contributed by atoms with Crippen molar-refractivity contribution in [1.82, 2.24) is 0 Å². The molecule has 0 saturated carbocycles. The van der Waals surface area contributed by atoms with Crippen LogP contribution in [0.15, 0.2) is 60.7 Å². The summed E-state index contributed by atoms with van der Waals surface area (Å²) in [5.41, 5.74) is 0.630. The van der Waals surface area contributed by atoms with Gasteiger partial charge in [0.1, 0.15) is 35.4 Å². The summed E-state index contributed by atoms with van der Waals surface area (Å²) in [5, 5.41) is 57.9. The van der Waals surface area contributed by atoms with Gasteiger partial charge in [-0.05, 0) is 95.4 Å². The van der Waals surface area contributed by atoms with Crippen molar-refractivity contribution in [3.05, 3.63) is 99.0 Å². The Labute approximate surface area is 307 Å². The van der Waals surface area contributed by atoms with E-state index in [0.717, 1.165) is 68.9 Å². The molecule has 6 aromatic heterocycles. The molecular weight excluding hydrogens is 733 g/mol. The highest BCUT2D eigenvalue weighted by atomic mass is 32.1. The van der Waals surface area contributed by atoms with Crippen molar-refractivity contribution in [2.45, 2.75) is 0 Å². The third-order valence-corrected chi connectivity index (χ3v) is 14.9. The fourth-order valence-electron chi connectivity index (χ4n) is 5.61. The molecule has 0 atom stereocenters. The molecule has 0 amide bonds. The van der Waals surface area contributed by atoms with Crippen LogP contribution in [0, 0.1) is 56.1 Å². The van der Waals surface area contributed by atoms with Gasteiger partial charge in [0, 0.05) is 49.1 Å². The average Bonchev–Trinajstić information content (AvgIpc) is 3.95. The van der Waals surface area contributed by atoms with E-state index in [1.807, 2.05) is 60.7 Å². The van der Waals surface area contributed by atoms with Crippen LogP contribution in [0.1, 0.15) is 9.75 Å².